The van der Waals surface area contributed by atoms with E-state index < -0.39 is 5.97 Å². The van der Waals surface area contributed by atoms with Gasteiger partial charge in [0.15, 0.2) is 23.3 Å². The Labute approximate surface area is 199 Å². The van der Waals surface area contributed by atoms with Crippen LogP contribution >= 0.6 is 27.7 Å². The molecule has 9 heteroatoms. The van der Waals surface area contributed by atoms with Crippen LogP contribution in [0.1, 0.15) is 19.4 Å². The smallest absolute Gasteiger partial charge is 0.344 e. The van der Waals surface area contributed by atoms with Crippen LogP contribution in [0.2, 0.25) is 0 Å². The van der Waals surface area contributed by atoms with Crippen LogP contribution in [0.4, 0.5) is 5.69 Å². The van der Waals surface area contributed by atoms with Gasteiger partial charge in [-0.1, -0.05) is 18.2 Å². The lowest BCUT2D eigenvalue weighted by molar-refractivity contribution is -0.145. The number of likely N-dealkylation sites (N-methyl/N-ethyl adjacent to an activating group) is 1. The molecule has 1 saturated heterocycles. The van der Waals surface area contributed by atoms with Gasteiger partial charge in [-0.3, -0.25) is 9.69 Å². The van der Waals surface area contributed by atoms with Crippen molar-refractivity contribution >= 4 is 56.5 Å². The van der Waals surface area contributed by atoms with E-state index in [1.165, 1.54) is 16.7 Å². The molecule has 0 N–H and O–H groups in total. The van der Waals surface area contributed by atoms with Crippen molar-refractivity contribution in [2.45, 2.75) is 13.8 Å². The molecular weight excluding hydrogens is 496 g/mol. The lowest BCUT2D eigenvalue weighted by Gasteiger charge is -2.14. The molecule has 1 aliphatic rings. The van der Waals surface area contributed by atoms with Crippen molar-refractivity contribution in [3.63, 3.8) is 0 Å². The molecule has 32 heavy (non-hydrogen) atoms. The Kier molecular flexibility index (Phi) is 8.35. The fourth-order valence-corrected chi connectivity index (χ4v) is 4.39. The van der Waals surface area contributed by atoms with E-state index in [0.717, 1.165) is 11.3 Å². The van der Waals surface area contributed by atoms with Gasteiger partial charge in [-0.2, -0.15) is 0 Å². The highest BCUT2D eigenvalue weighted by Crippen LogP contribution is 2.39. The molecule has 2 aromatic rings. The van der Waals surface area contributed by atoms with E-state index in [2.05, 4.69) is 20.9 Å². The third-order valence-electron chi connectivity index (χ3n) is 4.25. The van der Waals surface area contributed by atoms with Crippen molar-refractivity contribution in [2.24, 2.45) is 4.99 Å². The molecule has 168 valence electrons. The highest BCUT2D eigenvalue weighted by molar-refractivity contribution is 9.10. The summed E-state index contributed by atoms with van der Waals surface area (Å²) in [5.74, 6) is 0.256. The molecule has 0 atom stereocenters. The third kappa shape index (κ3) is 5.92. The van der Waals surface area contributed by atoms with Gasteiger partial charge in [-0.15, -0.1) is 0 Å². The van der Waals surface area contributed by atoms with Crippen LogP contribution in [-0.2, 0) is 14.3 Å². The zero-order valence-electron chi connectivity index (χ0n) is 18.0. The number of benzene rings is 2. The molecule has 1 fully saturated rings. The minimum atomic E-state index is -0.464. The second-order valence-electron chi connectivity index (χ2n) is 6.56. The second-order valence-corrected chi connectivity index (χ2v) is 8.42. The Hall–Kier alpha value is -2.78. The van der Waals surface area contributed by atoms with E-state index in [9.17, 15) is 9.59 Å². The number of carbonyl (C=O) groups excluding carboxylic acids is 2. The number of rotatable bonds is 8. The summed E-state index contributed by atoms with van der Waals surface area (Å²) in [6.45, 7) is 4.05. The molecule has 0 saturated carbocycles. The molecule has 0 unspecified atom stereocenters. The second kappa shape index (κ2) is 11.2. The zero-order chi connectivity index (χ0) is 23.1. The van der Waals surface area contributed by atoms with Crippen molar-refractivity contribution in [3.05, 3.63) is 57.4 Å². The summed E-state index contributed by atoms with van der Waals surface area (Å²) in [7, 11) is 1.70. The van der Waals surface area contributed by atoms with E-state index in [4.69, 9.17) is 14.2 Å². The summed E-state index contributed by atoms with van der Waals surface area (Å²) in [5, 5.41) is 0.603. The number of nitrogens with zero attached hydrogens (tertiary/aromatic N) is 2. The predicted octanol–water partition coefficient (Wildman–Crippen LogP) is 5.02. The first-order valence-electron chi connectivity index (χ1n) is 9.99. The number of amides is 1. The minimum absolute atomic E-state index is 0.138. The van der Waals surface area contributed by atoms with Crippen molar-refractivity contribution in [1.29, 1.82) is 0 Å². The fourth-order valence-electron chi connectivity index (χ4n) is 2.82. The Morgan fingerprint density at radius 2 is 1.91 bits per heavy atom. The molecule has 1 aliphatic heterocycles. The van der Waals surface area contributed by atoms with E-state index in [1.807, 2.05) is 37.3 Å². The number of amidine groups is 1. The number of carbonyl (C=O) groups is 2. The summed E-state index contributed by atoms with van der Waals surface area (Å²) < 4.78 is 16.8. The van der Waals surface area contributed by atoms with Gasteiger partial charge in [0.1, 0.15) is 0 Å². The first kappa shape index (κ1) is 23.9. The van der Waals surface area contributed by atoms with Crippen LogP contribution in [0.3, 0.4) is 0 Å². The Balaban J connectivity index is 1.86. The number of aliphatic imine (C=N–C) groups is 1. The minimum Gasteiger partial charge on any atom is -0.490 e. The van der Waals surface area contributed by atoms with Gasteiger partial charge in [0.25, 0.3) is 5.91 Å². The molecular formula is C23H23BrN2O5S. The molecule has 7 nitrogen and oxygen atoms in total. The van der Waals surface area contributed by atoms with Crippen LogP contribution in [0.25, 0.3) is 6.08 Å². The predicted molar refractivity (Wildman–Crippen MR) is 129 cm³/mol. The summed E-state index contributed by atoms with van der Waals surface area (Å²) in [6, 6.07) is 13.0. The van der Waals surface area contributed by atoms with Crippen molar-refractivity contribution in [1.82, 2.24) is 4.90 Å². The average molecular weight is 519 g/mol. The molecule has 3 rings (SSSR count). The maximum absolute atomic E-state index is 12.7. The molecule has 2 aromatic carbocycles. The highest BCUT2D eigenvalue weighted by atomic mass is 79.9. The average Bonchev–Trinajstić information content (AvgIpc) is 3.02. The molecule has 0 bridgehead atoms. The van der Waals surface area contributed by atoms with Gasteiger partial charge < -0.3 is 14.2 Å². The maximum Gasteiger partial charge on any atom is 0.344 e. The Morgan fingerprint density at radius 3 is 2.59 bits per heavy atom. The van der Waals surface area contributed by atoms with Gasteiger partial charge in [0.2, 0.25) is 0 Å². The molecule has 0 aromatic heterocycles. The van der Waals surface area contributed by atoms with Crippen LogP contribution < -0.4 is 9.47 Å². The quantitative estimate of drug-likeness (QED) is 0.360. The molecule has 0 aliphatic carbocycles. The lowest BCUT2D eigenvalue weighted by Crippen LogP contribution is -2.23. The molecule has 1 amide bonds. The van der Waals surface area contributed by atoms with E-state index in [-0.39, 0.29) is 19.1 Å². The Morgan fingerprint density at radius 1 is 1.16 bits per heavy atom. The first-order valence-corrected chi connectivity index (χ1v) is 11.6. The number of hydrogen-bond acceptors (Lipinski definition) is 7. The van der Waals surface area contributed by atoms with Crippen LogP contribution in [0.15, 0.2) is 56.8 Å². The molecule has 0 radical (unpaired) electrons. The van der Waals surface area contributed by atoms with E-state index >= 15 is 0 Å². The first-order chi connectivity index (χ1) is 15.4. The van der Waals surface area contributed by atoms with Crippen LogP contribution in [0.5, 0.6) is 11.5 Å². The fraction of sp³-hybridized carbons (Fsp3) is 0.261. The van der Waals surface area contributed by atoms with E-state index in [1.54, 1.807) is 32.2 Å². The zero-order valence-corrected chi connectivity index (χ0v) is 20.4. The number of halogens is 1. The van der Waals surface area contributed by atoms with Gasteiger partial charge in [0, 0.05) is 7.05 Å². The number of hydrogen-bond donors (Lipinski definition) is 0. The topological polar surface area (TPSA) is 77.4 Å². The van der Waals surface area contributed by atoms with Crippen LogP contribution in [-0.4, -0.2) is 48.8 Å². The summed E-state index contributed by atoms with van der Waals surface area (Å²) in [6.07, 6.45) is 1.78. The van der Waals surface area contributed by atoms with Gasteiger partial charge >= 0.3 is 5.97 Å². The summed E-state index contributed by atoms with van der Waals surface area (Å²) in [5.41, 5.74) is 1.52. The largest absolute Gasteiger partial charge is 0.490 e. The number of ether oxygens (including phenoxy) is 3. The van der Waals surface area contributed by atoms with Gasteiger partial charge in [0.05, 0.1) is 28.3 Å². The highest BCUT2D eigenvalue weighted by Gasteiger charge is 2.30. The number of para-hydroxylation sites is 1. The monoisotopic (exact) mass is 518 g/mol. The van der Waals surface area contributed by atoms with Gasteiger partial charge in [-0.05, 0) is 77.4 Å². The molecule has 0 spiro atoms. The SMILES string of the molecule is CCOC(=O)COc1c(Br)cc(/C=C2\SC(=Nc3ccccc3)N(C)C2=O)cc1OCC. The Bertz CT molecular complexity index is 1060. The lowest BCUT2D eigenvalue weighted by atomic mass is 10.2. The number of thioether (sulfide) groups is 1. The summed E-state index contributed by atoms with van der Waals surface area (Å²) in [4.78, 5) is 31.0. The van der Waals surface area contributed by atoms with Gasteiger partial charge in [-0.25, -0.2) is 9.79 Å². The van der Waals surface area contributed by atoms with E-state index in [0.29, 0.717) is 32.7 Å². The number of esters is 1. The standard InChI is InChI=1S/C23H23BrN2O5S/c1-4-29-18-12-15(11-17(24)21(18)31-14-20(27)30-5-2)13-19-22(28)26(3)23(32-19)25-16-9-7-6-8-10-16/h6-13H,4-5,14H2,1-3H3/b19-13-,25-23?. The van der Waals surface area contributed by atoms with Crippen LogP contribution in [0, 0.1) is 0 Å². The van der Waals surface area contributed by atoms with Crippen molar-refractivity contribution in [3.8, 4) is 11.5 Å². The summed E-state index contributed by atoms with van der Waals surface area (Å²) >= 11 is 4.78. The third-order valence-corrected chi connectivity index (χ3v) is 5.90. The maximum atomic E-state index is 12.7. The molecule has 1 heterocycles. The van der Waals surface area contributed by atoms with Crippen molar-refractivity contribution in [2.75, 3.05) is 26.9 Å². The normalized spacial score (nSPS) is 16.0. The van der Waals surface area contributed by atoms with Crippen molar-refractivity contribution < 1.29 is 23.8 Å².